The highest BCUT2D eigenvalue weighted by Gasteiger charge is 2.32. The average Bonchev–Trinajstić information content (AvgIpc) is 3.12. The highest BCUT2D eigenvalue weighted by molar-refractivity contribution is 8.14. The number of rotatable bonds is 10. The van der Waals surface area contributed by atoms with Crippen LogP contribution >= 0.6 is 11.8 Å². The first-order valence-electron chi connectivity index (χ1n) is 11.6. The van der Waals surface area contributed by atoms with Gasteiger partial charge in [-0.1, -0.05) is 30.0 Å². The van der Waals surface area contributed by atoms with Crippen molar-refractivity contribution in [3.05, 3.63) is 64.9 Å². The van der Waals surface area contributed by atoms with Gasteiger partial charge in [0, 0.05) is 13.2 Å². The summed E-state index contributed by atoms with van der Waals surface area (Å²) in [6, 6.07) is 13.4. The minimum absolute atomic E-state index is 0.109. The number of nitrogens with zero attached hydrogens (tertiary/aromatic N) is 2. The summed E-state index contributed by atoms with van der Waals surface area (Å²) in [4.78, 5) is 32.0. The Morgan fingerprint density at radius 2 is 1.83 bits per heavy atom. The first kappa shape index (κ1) is 26.5. The number of methoxy groups -OCH3 is 1. The molecule has 8 heteroatoms. The van der Waals surface area contributed by atoms with Gasteiger partial charge in [-0.3, -0.25) is 14.5 Å². The Hall–Kier alpha value is -3.10. The van der Waals surface area contributed by atoms with E-state index in [1.54, 1.807) is 18.1 Å². The number of hydrogen-bond donors (Lipinski definition) is 1. The third kappa shape index (κ3) is 7.70. The second kappa shape index (κ2) is 12.6. The number of aryl methyl sites for hydroxylation is 2. The Kier molecular flexibility index (Phi) is 9.51. The number of ether oxygens (including phenoxy) is 2. The molecule has 0 fully saturated rings. The molecule has 1 heterocycles. The Labute approximate surface area is 211 Å². The standard InChI is InChI=1S/C27H33N3O4S/c1-18(2)34-12-6-11-28-25(31)17-35-27-29-24(16-21-7-9-23(33-5)10-8-21)26(32)30(27)22-14-19(3)13-20(4)15-22/h7-10,13-16,18H,6,11-12,17H2,1-5H3,(H,28,31)/b24-16-. The molecule has 186 valence electrons. The van der Waals surface area contributed by atoms with E-state index in [1.807, 2.05) is 64.1 Å². The molecule has 0 aliphatic carbocycles. The predicted molar refractivity (Wildman–Crippen MR) is 143 cm³/mol. The van der Waals surface area contributed by atoms with Crippen LogP contribution in [-0.4, -0.2) is 49.1 Å². The minimum atomic E-state index is -0.223. The molecule has 0 spiro atoms. The molecule has 1 aliphatic heterocycles. The van der Waals surface area contributed by atoms with Gasteiger partial charge in [-0.15, -0.1) is 0 Å². The lowest BCUT2D eigenvalue weighted by atomic mass is 10.1. The molecular weight excluding hydrogens is 462 g/mol. The third-order valence-electron chi connectivity index (χ3n) is 5.14. The molecule has 0 saturated carbocycles. The van der Waals surface area contributed by atoms with E-state index in [9.17, 15) is 9.59 Å². The summed E-state index contributed by atoms with van der Waals surface area (Å²) in [7, 11) is 1.61. The van der Waals surface area contributed by atoms with Crippen LogP contribution in [0.1, 0.15) is 37.0 Å². The molecule has 1 aliphatic rings. The van der Waals surface area contributed by atoms with E-state index in [1.165, 1.54) is 11.8 Å². The van der Waals surface area contributed by atoms with Gasteiger partial charge in [0.25, 0.3) is 5.91 Å². The van der Waals surface area contributed by atoms with Crippen molar-refractivity contribution in [2.45, 2.75) is 40.2 Å². The summed E-state index contributed by atoms with van der Waals surface area (Å²) in [6.45, 7) is 9.10. The van der Waals surface area contributed by atoms with Crippen LogP contribution in [0, 0.1) is 13.8 Å². The molecule has 3 rings (SSSR count). The number of nitrogens with one attached hydrogen (secondary N) is 1. The first-order chi connectivity index (χ1) is 16.8. The van der Waals surface area contributed by atoms with Crippen molar-refractivity contribution >= 4 is 40.5 Å². The first-order valence-corrected chi connectivity index (χ1v) is 12.6. The zero-order chi connectivity index (χ0) is 25.4. The number of anilines is 1. The zero-order valence-corrected chi connectivity index (χ0v) is 21.8. The van der Waals surface area contributed by atoms with Crippen molar-refractivity contribution in [3.8, 4) is 5.75 Å². The fourth-order valence-electron chi connectivity index (χ4n) is 3.56. The van der Waals surface area contributed by atoms with E-state index in [2.05, 4.69) is 16.4 Å². The van der Waals surface area contributed by atoms with Crippen LogP contribution in [0.25, 0.3) is 6.08 Å². The molecule has 35 heavy (non-hydrogen) atoms. The number of benzene rings is 2. The van der Waals surface area contributed by atoms with Crippen LogP contribution in [-0.2, 0) is 14.3 Å². The Bertz CT molecular complexity index is 1090. The van der Waals surface area contributed by atoms with Gasteiger partial charge < -0.3 is 14.8 Å². The van der Waals surface area contributed by atoms with Crippen molar-refractivity contribution in [2.24, 2.45) is 4.99 Å². The largest absolute Gasteiger partial charge is 0.497 e. The lowest BCUT2D eigenvalue weighted by molar-refractivity contribution is -0.118. The number of amidine groups is 1. The lowest BCUT2D eigenvalue weighted by Crippen LogP contribution is -2.32. The summed E-state index contributed by atoms with van der Waals surface area (Å²) in [6.07, 6.45) is 2.67. The van der Waals surface area contributed by atoms with Gasteiger partial charge in [0.15, 0.2) is 5.17 Å². The molecular formula is C27H33N3O4S. The molecule has 0 aromatic heterocycles. The Morgan fingerprint density at radius 1 is 1.14 bits per heavy atom. The maximum atomic E-state index is 13.4. The fourth-order valence-corrected chi connectivity index (χ4v) is 4.40. The number of thioether (sulfide) groups is 1. The maximum absolute atomic E-state index is 13.4. The van der Waals surface area contributed by atoms with Gasteiger partial charge in [0.1, 0.15) is 11.4 Å². The lowest BCUT2D eigenvalue weighted by Gasteiger charge is -2.19. The van der Waals surface area contributed by atoms with Crippen LogP contribution in [0.3, 0.4) is 0 Å². The van der Waals surface area contributed by atoms with E-state index in [-0.39, 0.29) is 23.7 Å². The van der Waals surface area contributed by atoms with Crippen LogP contribution in [0.5, 0.6) is 5.75 Å². The van der Waals surface area contributed by atoms with Crippen LogP contribution in [0.2, 0.25) is 0 Å². The molecule has 0 radical (unpaired) electrons. The van der Waals surface area contributed by atoms with E-state index in [0.29, 0.717) is 24.0 Å². The normalized spacial score (nSPS) is 14.6. The molecule has 0 saturated heterocycles. The van der Waals surface area contributed by atoms with E-state index in [0.717, 1.165) is 34.5 Å². The molecule has 0 bridgehead atoms. The molecule has 7 nitrogen and oxygen atoms in total. The van der Waals surface area contributed by atoms with Crippen molar-refractivity contribution in [3.63, 3.8) is 0 Å². The molecule has 2 amide bonds. The van der Waals surface area contributed by atoms with E-state index in [4.69, 9.17) is 9.47 Å². The van der Waals surface area contributed by atoms with E-state index >= 15 is 0 Å². The smallest absolute Gasteiger partial charge is 0.283 e. The number of carbonyl (C=O) groups excluding carboxylic acids is 2. The summed E-state index contributed by atoms with van der Waals surface area (Å²) in [5.74, 6) is 0.569. The average molecular weight is 496 g/mol. The minimum Gasteiger partial charge on any atom is -0.497 e. The van der Waals surface area contributed by atoms with Crippen LogP contribution in [0.4, 0.5) is 5.69 Å². The maximum Gasteiger partial charge on any atom is 0.283 e. The number of amides is 2. The summed E-state index contributed by atoms with van der Waals surface area (Å²) < 4.78 is 10.7. The quantitative estimate of drug-likeness (QED) is 0.381. The molecule has 0 unspecified atom stereocenters. The second-order valence-electron chi connectivity index (χ2n) is 8.60. The summed E-state index contributed by atoms with van der Waals surface area (Å²) >= 11 is 1.25. The SMILES string of the molecule is COc1ccc(/C=C2\N=C(SCC(=O)NCCCOC(C)C)N(c3cc(C)cc(C)c3)C2=O)cc1. The second-order valence-corrected chi connectivity index (χ2v) is 9.54. The van der Waals surface area contributed by atoms with Gasteiger partial charge in [0.05, 0.1) is 24.7 Å². The molecule has 2 aromatic carbocycles. The van der Waals surface area contributed by atoms with Gasteiger partial charge in [-0.2, -0.15) is 0 Å². The fraction of sp³-hybridized carbons (Fsp3) is 0.370. The highest BCUT2D eigenvalue weighted by atomic mass is 32.2. The molecule has 1 N–H and O–H groups in total. The van der Waals surface area contributed by atoms with Gasteiger partial charge in [-0.05, 0) is 81.1 Å². The van der Waals surface area contributed by atoms with E-state index < -0.39 is 0 Å². The van der Waals surface area contributed by atoms with Gasteiger partial charge in [0.2, 0.25) is 5.91 Å². The van der Waals surface area contributed by atoms with Crippen LogP contribution < -0.4 is 15.0 Å². The van der Waals surface area contributed by atoms with Crippen molar-refractivity contribution in [2.75, 3.05) is 30.9 Å². The zero-order valence-electron chi connectivity index (χ0n) is 21.0. The van der Waals surface area contributed by atoms with Crippen LogP contribution in [0.15, 0.2) is 53.2 Å². The number of hydrogen-bond acceptors (Lipinski definition) is 6. The number of aliphatic imine (C=N–C) groups is 1. The third-order valence-corrected chi connectivity index (χ3v) is 6.08. The molecule has 0 atom stereocenters. The monoisotopic (exact) mass is 495 g/mol. The van der Waals surface area contributed by atoms with Gasteiger partial charge in [-0.25, -0.2) is 4.99 Å². The number of carbonyl (C=O) groups is 2. The van der Waals surface area contributed by atoms with Crippen molar-refractivity contribution in [1.29, 1.82) is 0 Å². The Morgan fingerprint density at radius 3 is 2.46 bits per heavy atom. The van der Waals surface area contributed by atoms with Crippen molar-refractivity contribution in [1.82, 2.24) is 5.32 Å². The molecule has 2 aromatic rings. The Balaban J connectivity index is 1.76. The van der Waals surface area contributed by atoms with Gasteiger partial charge >= 0.3 is 0 Å². The highest BCUT2D eigenvalue weighted by Crippen LogP contribution is 2.31. The summed E-state index contributed by atoms with van der Waals surface area (Å²) in [5.41, 5.74) is 3.99. The topological polar surface area (TPSA) is 80.2 Å². The van der Waals surface area contributed by atoms with Crippen molar-refractivity contribution < 1.29 is 19.1 Å². The predicted octanol–water partition coefficient (Wildman–Crippen LogP) is 4.72. The summed E-state index contributed by atoms with van der Waals surface area (Å²) in [5, 5.41) is 3.39.